The van der Waals surface area contributed by atoms with Crippen LogP contribution in [0.2, 0.25) is 0 Å². The molecule has 1 aliphatic heterocycles. The van der Waals surface area contributed by atoms with E-state index < -0.39 is 6.04 Å². The minimum atomic E-state index is -0.517. The third-order valence-corrected chi connectivity index (χ3v) is 5.92. The van der Waals surface area contributed by atoms with Crippen LogP contribution in [0.5, 0.6) is 5.75 Å². The number of aromatic nitrogens is 2. The van der Waals surface area contributed by atoms with E-state index in [1.807, 2.05) is 54.6 Å². The molecule has 1 aliphatic rings. The first-order chi connectivity index (χ1) is 15.1. The molecule has 1 saturated heterocycles. The minimum absolute atomic E-state index is 0.171. The molecule has 1 atom stereocenters. The summed E-state index contributed by atoms with van der Waals surface area (Å²) in [6, 6.07) is 16.6. The average Bonchev–Trinajstić information content (AvgIpc) is 3.48. The third kappa shape index (κ3) is 4.97. The Morgan fingerprint density at radius 1 is 1.16 bits per heavy atom. The second kappa shape index (κ2) is 9.53. The second-order valence-electron chi connectivity index (χ2n) is 7.07. The van der Waals surface area contributed by atoms with E-state index in [1.165, 1.54) is 17.4 Å². The summed E-state index contributed by atoms with van der Waals surface area (Å²) in [5.41, 5.74) is 1.80. The summed E-state index contributed by atoms with van der Waals surface area (Å²) in [5, 5.41) is 12.2. The predicted octanol–water partition coefficient (Wildman–Crippen LogP) is 3.86. The number of nitrogens with zero attached hydrogens (tertiary/aromatic N) is 3. The number of benzene rings is 2. The number of hydrogen-bond donors (Lipinski definition) is 1. The van der Waals surface area contributed by atoms with Crippen LogP contribution in [-0.2, 0) is 9.59 Å². The van der Waals surface area contributed by atoms with Crippen molar-refractivity contribution < 1.29 is 14.3 Å². The fourth-order valence-electron chi connectivity index (χ4n) is 3.47. The largest absolute Gasteiger partial charge is 0.497 e. The fourth-order valence-corrected chi connectivity index (χ4v) is 4.21. The molecule has 1 aromatic heterocycles. The van der Waals surface area contributed by atoms with Crippen LogP contribution in [0.3, 0.4) is 0 Å². The summed E-state index contributed by atoms with van der Waals surface area (Å²) < 4.78 is 5.24. The molecule has 1 fully saturated rings. The van der Waals surface area contributed by atoms with Crippen molar-refractivity contribution in [2.45, 2.75) is 18.9 Å². The van der Waals surface area contributed by atoms with Crippen molar-refractivity contribution in [2.24, 2.45) is 0 Å². The zero-order valence-electron chi connectivity index (χ0n) is 17.0. The van der Waals surface area contributed by atoms with Crippen LogP contribution < -0.4 is 10.1 Å². The lowest BCUT2D eigenvalue weighted by atomic mass is 10.2. The van der Waals surface area contributed by atoms with Gasteiger partial charge in [-0.3, -0.25) is 14.9 Å². The molecular formula is C23H22N4O3S. The van der Waals surface area contributed by atoms with Crippen molar-refractivity contribution in [3.05, 3.63) is 66.2 Å². The Hall–Kier alpha value is -3.52. The van der Waals surface area contributed by atoms with E-state index in [2.05, 4.69) is 15.5 Å². The Morgan fingerprint density at radius 2 is 2.00 bits per heavy atom. The fraction of sp³-hybridized carbons (Fsp3) is 0.217. The lowest BCUT2D eigenvalue weighted by molar-refractivity contribution is -0.132. The number of likely N-dealkylation sites (tertiary alicyclic amines) is 1. The highest BCUT2D eigenvalue weighted by molar-refractivity contribution is 7.18. The summed E-state index contributed by atoms with van der Waals surface area (Å²) in [5.74, 6) is 0.310. The first-order valence-electron chi connectivity index (χ1n) is 9.96. The highest BCUT2D eigenvalue weighted by Gasteiger charge is 2.33. The SMILES string of the molecule is COc1cccc(-c2nnc(NC(=O)C3CCCN3C(=O)C=Cc3ccccc3)s2)c1. The van der Waals surface area contributed by atoms with Crippen LogP contribution in [0.25, 0.3) is 16.6 Å². The molecular weight excluding hydrogens is 412 g/mol. The summed E-state index contributed by atoms with van der Waals surface area (Å²) in [4.78, 5) is 27.1. The van der Waals surface area contributed by atoms with Gasteiger partial charge in [0.15, 0.2) is 0 Å². The number of carbonyl (C=O) groups excluding carboxylic acids is 2. The van der Waals surface area contributed by atoms with E-state index in [4.69, 9.17) is 4.74 Å². The number of ether oxygens (including phenoxy) is 1. The summed E-state index contributed by atoms with van der Waals surface area (Å²) in [6.45, 7) is 0.557. The van der Waals surface area contributed by atoms with E-state index in [-0.39, 0.29) is 11.8 Å². The van der Waals surface area contributed by atoms with E-state index in [9.17, 15) is 9.59 Å². The summed E-state index contributed by atoms with van der Waals surface area (Å²) >= 11 is 1.28. The monoisotopic (exact) mass is 434 g/mol. The number of nitrogens with one attached hydrogen (secondary N) is 1. The van der Waals surface area contributed by atoms with Gasteiger partial charge in [0.1, 0.15) is 16.8 Å². The smallest absolute Gasteiger partial charge is 0.249 e. The molecule has 7 nitrogen and oxygen atoms in total. The van der Waals surface area contributed by atoms with Crippen LogP contribution in [-0.4, -0.2) is 46.6 Å². The Balaban J connectivity index is 1.41. The molecule has 0 aliphatic carbocycles. The van der Waals surface area contributed by atoms with Crippen molar-refractivity contribution >= 4 is 34.4 Å². The first-order valence-corrected chi connectivity index (χ1v) is 10.8. The van der Waals surface area contributed by atoms with Gasteiger partial charge in [-0.2, -0.15) is 0 Å². The molecule has 0 saturated carbocycles. The first kappa shape index (κ1) is 20.7. The van der Waals surface area contributed by atoms with Crippen LogP contribution >= 0.6 is 11.3 Å². The average molecular weight is 435 g/mol. The Bertz CT molecular complexity index is 1100. The van der Waals surface area contributed by atoms with Gasteiger partial charge < -0.3 is 9.64 Å². The molecule has 4 rings (SSSR count). The molecule has 3 aromatic rings. The van der Waals surface area contributed by atoms with E-state index in [1.54, 1.807) is 18.1 Å². The topological polar surface area (TPSA) is 84.4 Å². The van der Waals surface area contributed by atoms with Gasteiger partial charge in [-0.15, -0.1) is 10.2 Å². The van der Waals surface area contributed by atoms with Crippen LogP contribution in [0, 0.1) is 0 Å². The molecule has 2 heterocycles. The van der Waals surface area contributed by atoms with E-state index in [0.717, 1.165) is 23.3 Å². The molecule has 1 N–H and O–H groups in total. The summed E-state index contributed by atoms with van der Waals surface area (Å²) in [6.07, 6.45) is 4.69. The third-order valence-electron chi connectivity index (χ3n) is 5.03. The number of anilines is 1. The molecule has 0 spiro atoms. The van der Waals surface area contributed by atoms with Crippen molar-refractivity contribution in [3.8, 4) is 16.3 Å². The van der Waals surface area contributed by atoms with Gasteiger partial charge >= 0.3 is 0 Å². The van der Waals surface area contributed by atoms with Gasteiger partial charge in [-0.25, -0.2) is 0 Å². The second-order valence-corrected chi connectivity index (χ2v) is 8.04. The van der Waals surface area contributed by atoms with Gasteiger partial charge in [-0.1, -0.05) is 53.8 Å². The molecule has 1 unspecified atom stereocenters. The number of hydrogen-bond acceptors (Lipinski definition) is 6. The van der Waals surface area contributed by atoms with Gasteiger partial charge in [0, 0.05) is 18.2 Å². The Labute approximate surface area is 184 Å². The quantitative estimate of drug-likeness (QED) is 0.596. The number of methoxy groups -OCH3 is 1. The molecule has 31 heavy (non-hydrogen) atoms. The molecule has 2 aromatic carbocycles. The van der Waals surface area contributed by atoms with Crippen LogP contribution in [0.4, 0.5) is 5.13 Å². The van der Waals surface area contributed by atoms with Gasteiger partial charge in [-0.05, 0) is 36.6 Å². The zero-order chi connectivity index (χ0) is 21.6. The van der Waals surface area contributed by atoms with Crippen molar-refractivity contribution in [2.75, 3.05) is 19.0 Å². The highest BCUT2D eigenvalue weighted by Crippen LogP contribution is 2.29. The zero-order valence-corrected chi connectivity index (χ0v) is 17.8. The van der Waals surface area contributed by atoms with Crippen molar-refractivity contribution in [3.63, 3.8) is 0 Å². The molecule has 8 heteroatoms. The molecule has 158 valence electrons. The van der Waals surface area contributed by atoms with E-state index in [0.29, 0.717) is 23.1 Å². The number of carbonyl (C=O) groups is 2. The normalized spacial score (nSPS) is 15.9. The highest BCUT2D eigenvalue weighted by atomic mass is 32.1. The minimum Gasteiger partial charge on any atom is -0.497 e. The van der Waals surface area contributed by atoms with Crippen LogP contribution in [0.15, 0.2) is 60.7 Å². The molecule has 0 radical (unpaired) electrons. The number of amides is 2. The maximum Gasteiger partial charge on any atom is 0.249 e. The molecule has 0 bridgehead atoms. The Kier molecular flexibility index (Phi) is 6.37. The maximum atomic E-state index is 12.8. The maximum absolute atomic E-state index is 12.8. The lowest BCUT2D eigenvalue weighted by Gasteiger charge is -2.22. The lowest BCUT2D eigenvalue weighted by Crippen LogP contribution is -2.42. The van der Waals surface area contributed by atoms with Gasteiger partial charge in [0.25, 0.3) is 0 Å². The van der Waals surface area contributed by atoms with Gasteiger partial charge in [0.05, 0.1) is 7.11 Å². The predicted molar refractivity (Wildman–Crippen MR) is 121 cm³/mol. The summed E-state index contributed by atoms with van der Waals surface area (Å²) in [7, 11) is 1.61. The van der Waals surface area contributed by atoms with Gasteiger partial charge in [0.2, 0.25) is 16.9 Å². The van der Waals surface area contributed by atoms with Crippen LogP contribution in [0.1, 0.15) is 18.4 Å². The van der Waals surface area contributed by atoms with E-state index >= 15 is 0 Å². The molecule has 2 amide bonds. The van der Waals surface area contributed by atoms with Crippen molar-refractivity contribution in [1.29, 1.82) is 0 Å². The van der Waals surface area contributed by atoms with Crippen molar-refractivity contribution in [1.82, 2.24) is 15.1 Å². The number of rotatable bonds is 6. The Morgan fingerprint density at radius 3 is 2.81 bits per heavy atom. The standard InChI is InChI=1S/C23H22N4O3S/c1-30-18-10-5-9-17(15-18)22-25-26-23(31-22)24-21(29)19-11-6-14-27(19)20(28)13-12-16-7-3-2-4-8-16/h2-5,7-10,12-13,15,19H,6,11,14H2,1H3,(H,24,26,29).